The molecule has 7 nitrogen and oxygen atoms in total. The predicted molar refractivity (Wildman–Crippen MR) is 190 cm³/mol. The topological polar surface area (TPSA) is 113 Å². The summed E-state index contributed by atoms with van der Waals surface area (Å²) in [6, 6.07) is 0. The third kappa shape index (κ3) is 7.14. The fourth-order valence-electron chi connectivity index (χ4n) is 11.6. The maximum atomic E-state index is 11.6. The van der Waals surface area contributed by atoms with Crippen molar-refractivity contribution in [1.82, 2.24) is 0 Å². The van der Waals surface area contributed by atoms with Gasteiger partial charge in [0, 0.05) is 5.92 Å². The molecule has 5 aliphatic carbocycles. The number of rotatable bonds is 2. The maximum Gasteiger partial charge on any atom is 0.309 e. The highest BCUT2D eigenvalue weighted by Gasteiger charge is 2.65. The second-order valence-corrected chi connectivity index (χ2v) is 19.2. The Kier molecular flexibility index (Phi) is 11.9. The SMILES string of the molecule is C.CC1(C)CCC2(C(=O)O)CCCCC2C1.CC1CC2OC3(OC2C(C)(C)C)C(O)CCC13.CC1CCC2(C(=O)O)CCCCC2C1C. The van der Waals surface area contributed by atoms with Gasteiger partial charge in [0.15, 0.2) is 5.79 Å². The van der Waals surface area contributed by atoms with Crippen LogP contribution in [0.3, 0.4) is 0 Å². The first-order chi connectivity index (χ1) is 21.9. The van der Waals surface area contributed by atoms with Crippen LogP contribution in [0, 0.1) is 57.2 Å². The molecule has 2 bridgehead atoms. The Morgan fingerprint density at radius 3 is 1.96 bits per heavy atom. The molecule has 2 saturated heterocycles. The number of aliphatic hydroxyl groups is 1. The molecule has 12 unspecified atom stereocenters. The van der Waals surface area contributed by atoms with Crippen molar-refractivity contribution in [1.29, 1.82) is 0 Å². The monoisotopic (exact) mass is 677 g/mol. The highest BCUT2D eigenvalue weighted by molar-refractivity contribution is 5.76. The minimum atomic E-state index is -0.680. The summed E-state index contributed by atoms with van der Waals surface area (Å²) in [6.45, 7) is 18.0. The number of ether oxygens (including phenoxy) is 2. The van der Waals surface area contributed by atoms with E-state index in [1.807, 2.05) is 0 Å². The summed E-state index contributed by atoms with van der Waals surface area (Å²) in [6.07, 6.45) is 16.7. The molecule has 0 aromatic carbocycles. The van der Waals surface area contributed by atoms with Gasteiger partial charge in [-0.15, -0.1) is 0 Å². The molecule has 0 amide bonds. The van der Waals surface area contributed by atoms with Crippen LogP contribution in [-0.4, -0.2) is 51.4 Å². The average molecular weight is 677 g/mol. The van der Waals surface area contributed by atoms with Gasteiger partial charge >= 0.3 is 11.9 Å². The molecule has 12 atom stereocenters. The Balaban J connectivity index is 0.000000161. The van der Waals surface area contributed by atoms with E-state index in [-0.39, 0.29) is 35.9 Å². The van der Waals surface area contributed by atoms with E-state index in [1.165, 1.54) is 12.8 Å². The van der Waals surface area contributed by atoms with E-state index < -0.39 is 23.8 Å². The van der Waals surface area contributed by atoms with Gasteiger partial charge in [0.25, 0.3) is 0 Å². The van der Waals surface area contributed by atoms with E-state index in [0.717, 1.165) is 89.9 Å². The number of aliphatic carboxylic acids is 2. The van der Waals surface area contributed by atoms with Gasteiger partial charge in [-0.3, -0.25) is 9.59 Å². The van der Waals surface area contributed by atoms with Crippen LogP contribution in [0.15, 0.2) is 0 Å². The lowest BCUT2D eigenvalue weighted by Crippen LogP contribution is -2.49. The molecular weight excluding hydrogens is 604 g/mol. The first-order valence-electron chi connectivity index (χ1n) is 19.4. The predicted octanol–water partition coefficient (Wildman–Crippen LogP) is 9.73. The van der Waals surface area contributed by atoms with Crippen LogP contribution >= 0.6 is 0 Å². The van der Waals surface area contributed by atoms with E-state index in [2.05, 4.69) is 55.4 Å². The number of carboxylic acids is 2. The van der Waals surface area contributed by atoms with Crippen molar-refractivity contribution < 1.29 is 34.4 Å². The molecule has 48 heavy (non-hydrogen) atoms. The van der Waals surface area contributed by atoms with Crippen molar-refractivity contribution >= 4 is 11.9 Å². The summed E-state index contributed by atoms with van der Waals surface area (Å²) in [5.74, 6) is 1.42. The summed E-state index contributed by atoms with van der Waals surface area (Å²) in [7, 11) is 0. The first kappa shape index (κ1) is 39.6. The average Bonchev–Trinajstić information content (AvgIpc) is 3.52. The normalized spacial score (nSPS) is 45.7. The minimum Gasteiger partial charge on any atom is -0.481 e. The molecule has 0 aromatic rings. The van der Waals surface area contributed by atoms with E-state index >= 15 is 0 Å². The quantitative estimate of drug-likeness (QED) is 0.267. The maximum absolute atomic E-state index is 11.6. The van der Waals surface area contributed by atoms with Crippen molar-refractivity contribution in [3.05, 3.63) is 0 Å². The lowest BCUT2D eigenvalue weighted by molar-refractivity contribution is -0.267. The van der Waals surface area contributed by atoms with E-state index in [0.29, 0.717) is 40.9 Å². The fraction of sp³-hybridized carbons (Fsp3) is 0.951. The number of hydrogen-bond donors (Lipinski definition) is 3. The van der Waals surface area contributed by atoms with Crippen molar-refractivity contribution in [2.45, 2.75) is 190 Å². The lowest BCUT2D eigenvalue weighted by atomic mass is 9.54. The van der Waals surface area contributed by atoms with Crippen molar-refractivity contribution in [2.24, 2.45) is 57.2 Å². The molecule has 278 valence electrons. The van der Waals surface area contributed by atoms with Crippen molar-refractivity contribution in [2.75, 3.05) is 0 Å². The Morgan fingerprint density at radius 1 is 0.708 bits per heavy atom. The van der Waals surface area contributed by atoms with Gasteiger partial charge in [0.1, 0.15) is 6.10 Å². The molecular formula is C41H72O7. The third-order valence-corrected chi connectivity index (χ3v) is 14.6. The van der Waals surface area contributed by atoms with Gasteiger partial charge in [0.2, 0.25) is 0 Å². The van der Waals surface area contributed by atoms with Gasteiger partial charge in [-0.2, -0.15) is 0 Å². The molecule has 0 radical (unpaired) electrons. The summed E-state index contributed by atoms with van der Waals surface area (Å²) >= 11 is 0. The van der Waals surface area contributed by atoms with Gasteiger partial charge in [0.05, 0.1) is 23.0 Å². The van der Waals surface area contributed by atoms with Crippen LogP contribution in [0.4, 0.5) is 0 Å². The zero-order valence-electron chi connectivity index (χ0n) is 31.0. The summed E-state index contributed by atoms with van der Waals surface area (Å²) in [5.41, 5.74) is -0.274. The Morgan fingerprint density at radius 2 is 1.33 bits per heavy atom. The van der Waals surface area contributed by atoms with Crippen LogP contribution in [0.5, 0.6) is 0 Å². The Hall–Kier alpha value is -1.18. The second-order valence-electron chi connectivity index (χ2n) is 19.2. The molecule has 2 aliphatic heterocycles. The molecule has 5 saturated carbocycles. The highest BCUT2D eigenvalue weighted by Crippen LogP contribution is 2.58. The molecule has 0 aromatic heterocycles. The van der Waals surface area contributed by atoms with Gasteiger partial charge in [-0.1, -0.05) is 88.5 Å². The number of aliphatic hydroxyl groups excluding tert-OH is 1. The van der Waals surface area contributed by atoms with Crippen LogP contribution in [0.2, 0.25) is 0 Å². The molecule has 7 rings (SSSR count). The standard InChI is InChI=1S/C14H24O3.2C13H22O2.CH4/c1-8-7-10-12(13(2,3)4)17-14(16-10)9(8)5-6-11(14)15;1-9-6-8-13(12(14)15)7-4-3-5-11(13)10(9)2;1-12(2)7-8-13(11(14)15)6-4-3-5-10(13)9-12;/h8-12,15H,5-7H2,1-4H3;9-11H,3-8H2,1-2H3,(H,14,15);10H,3-9H2,1-2H3,(H,14,15);1H4. The third-order valence-electron chi connectivity index (χ3n) is 14.6. The molecule has 7 heteroatoms. The van der Waals surface area contributed by atoms with Crippen LogP contribution in [0.25, 0.3) is 0 Å². The fourth-order valence-corrected chi connectivity index (χ4v) is 11.6. The van der Waals surface area contributed by atoms with Crippen LogP contribution in [-0.2, 0) is 19.1 Å². The number of carbonyl (C=O) groups is 2. The van der Waals surface area contributed by atoms with Gasteiger partial charge < -0.3 is 24.8 Å². The summed E-state index contributed by atoms with van der Waals surface area (Å²) < 4.78 is 12.4. The molecule has 2 heterocycles. The largest absolute Gasteiger partial charge is 0.481 e. The van der Waals surface area contributed by atoms with Crippen LogP contribution in [0.1, 0.15) is 166 Å². The molecule has 1 spiro atoms. The highest BCUT2D eigenvalue weighted by atomic mass is 16.8. The zero-order valence-corrected chi connectivity index (χ0v) is 31.0. The van der Waals surface area contributed by atoms with E-state index in [9.17, 15) is 24.9 Å². The van der Waals surface area contributed by atoms with E-state index in [1.54, 1.807) is 0 Å². The Labute approximate surface area is 292 Å². The molecule has 7 aliphatic rings. The first-order valence-corrected chi connectivity index (χ1v) is 19.4. The number of fused-ring (bicyclic) bond motifs is 3. The van der Waals surface area contributed by atoms with Crippen molar-refractivity contribution in [3.63, 3.8) is 0 Å². The van der Waals surface area contributed by atoms with Crippen molar-refractivity contribution in [3.8, 4) is 0 Å². The molecule has 7 fully saturated rings. The Bertz CT molecular complexity index is 1130. The minimum absolute atomic E-state index is 0. The van der Waals surface area contributed by atoms with E-state index in [4.69, 9.17) is 9.47 Å². The summed E-state index contributed by atoms with van der Waals surface area (Å²) in [4.78, 5) is 23.1. The summed E-state index contributed by atoms with van der Waals surface area (Å²) in [5, 5.41) is 29.3. The smallest absolute Gasteiger partial charge is 0.309 e. The molecule has 3 N–H and O–H groups in total. The number of hydrogen-bond acceptors (Lipinski definition) is 5. The van der Waals surface area contributed by atoms with Crippen LogP contribution < -0.4 is 0 Å². The van der Waals surface area contributed by atoms with Gasteiger partial charge in [-0.25, -0.2) is 0 Å². The second kappa shape index (κ2) is 14.4. The zero-order chi connectivity index (χ0) is 34.6. The van der Waals surface area contributed by atoms with Gasteiger partial charge in [-0.05, 0) is 117 Å². The number of carboxylic acid groups (broad SMARTS) is 2. The lowest BCUT2D eigenvalue weighted by Gasteiger charge is -2.50.